The van der Waals surface area contributed by atoms with Crippen molar-refractivity contribution in [2.45, 2.75) is 51.2 Å². The fourth-order valence-electron chi connectivity index (χ4n) is 3.81. The first-order valence-corrected chi connectivity index (χ1v) is 7.80. The van der Waals surface area contributed by atoms with E-state index in [2.05, 4.69) is 21.8 Å². The highest BCUT2D eigenvalue weighted by atomic mass is 16.2. The maximum atomic E-state index is 12.5. The lowest BCUT2D eigenvalue weighted by Gasteiger charge is -2.34. The molecule has 1 aromatic rings. The van der Waals surface area contributed by atoms with Crippen molar-refractivity contribution in [1.29, 1.82) is 0 Å². The van der Waals surface area contributed by atoms with Gasteiger partial charge >= 0.3 is 0 Å². The molecule has 2 atom stereocenters. The van der Waals surface area contributed by atoms with Gasteiger partial charge in [0.05, 0.1) is 0 Å². The minimum absolute atomic E-state index is 0.221. The molecule has 20 heavy (non-hydrogen) atoms. The Morgan fingerprint density at radius 2 is 2.05 bits per heavy atom. The van der Waals surface area contributed by atoms with E-state index in [1.165, 1.54) is 19.4 Å². The van der Waals surface area contributed by atoms with Gasteiger partial charge in [0, 0.05) is 31.0 Å². The van der Waals surface area contributed by atoms with Crippen molar-refractivity contribution >= 4 is 5.91 Å². The van der Waals surface area contributed by atoms with Gasteiger partial charge < -0.3 is 4.90 Å². The molecule has 0 unspecified atom stereocenters. The Morgan fingerprint density at radius 3 is 2.80 bits per heavy atom. The van der Waals surface area contributed by atoms with Crippen molar-refractivity contribution in [2.75, 3.05) is 19.6 Å². The van der Waals surface area contributed by atoms with Gasteiger partial charge in [-0.2, -0.15) is 5.10 Å². The molecule has 0 aliphatic carbocycles. The monoisotopic (exact) mass is 276 g/mol. The second-order valence-electron chi connectivity index (χ2n) is 5.84. The first-order valence-electron chi connectivity index (χ1n) is 7.80. The standard InChI is InChI=1S/C15H24N4O/c1-2-17-9-3-6-13(17)14-7-4-11-19(14)15(20)12-18-10-5-8-16-18/h5,8,10,13-14H,2-4,6-7,9,11-12H2,1H3/t13-,14+/m1/s1. The van der Waals surface area contributed by atoms with E-state index in [9.17, 15) is 4.79 Å². The molecule has 2 aliphatic heterocycles. The Labute approximate surface area is 120 Å². The smallest absolute Gasteiger partial charge is 0.244 e. The summed E-state index contributed by atoms with van der Waals surface area (Å²) in [6, 6.07) is 2.86. The average Bonchev–Trinajstić information content (AvgIpc) is 3.18. The predicted molar refractivity (Wildman–Crippen MR) is 77.2 cm³/mol. The molecule has 1 amide bonds. The molecule has 110 valence electrons. The lowest BCUT2D eigenvalue weighted by atomic mass is 10.0. The van der Waals surface area contributed by atoms with Crippen molar-refractivity contribution in [3.63, 3.8) is 0 Å². The normalized spacial score (nSPS) is 27.4. The summed E-state index contributed by atoms with van der Waals surface area (Å²) in [5, 5.41) is 4.14. The number of hydrogen-bond acceptors (Lipinski definition) is 3. The summed E-state index contributed by atoms with van der Waals surface area (Å²) in [6.07, 6.45) is 8.40. The molecule has 0 spiro atoms. The topological polar surface area (TPSA) is 41.4 Å². The third-order valence-electron chi connectivity index (χ3n) is 4.74. The highest BCUT2D eigenvalue weighted by molar-refractivity contribution is 5.76. The van der Waals surface area contributed by atoms with Gasteiger partial charge in [-0.05, 0) is 44.8 Å². The number of aromatic nitrogens is 2. The van der Waals surface area contributed by atoms with Crippen LogP contribution in [0.5, 0.6) is 0 Å². The van der Waals surface area contributed by atoms with Crippen LogP contribution in [0.1, 0.15) is 32.6 Å². The van der Waals surface area contributed by atoms with E-state index >= 15 is 0 Å². The summed E-state index contributed by atoms with van der Waals surface area (Å²) in [4.78, 5) is 17.2. The van der Waals surface area contributed by atoms with Gasteiger partial charge in [0.15, 0.2) is 0 Å². The van der Waals surface area contributed by atoms with Crippen LogP contribution in [0, 0.1) is 0 Å². The maximum Gasteiger partial charge on any atom is 0.244 e. The highest BCUT2D eigenvalue weighted by Gasteiger charge is 2.38. The number of carbonyl (C=O) groups is 1. The maximum absolute atomic E-state index is 12.5. The van der Waals surface area contributed by atoms with Gasteiger partial charge in [0.25, 0.3) is 0 Å². The van der Waals surface area contributed by atoms with Crippen LogP contribution in [0.25, 0.3) is 0 Å². The molecular formula is C15H24N4O. The van der Waals surface area contributed by atoms with Crippen LogP contribution < -0.4 is 0 Å². The third-order valence-corrected chi connectivity index (χ3v) is 4.74. The third kappa shape index (κ3) is 2.59. The van der Waals surface area contributed by atoms with Crippen LogP contribution in [-0.2, 0) is 11.3 Å². The number of rotatable bonds is 4. The molecular weight excluding hydrogens is 252 g/mol. The summed E-state index contributed by atoms with van der Waals surface area (Å²) in [5.74, 6) is 0.221. The van der Waals surface area contributed by atoms with Gasteiger partial charge in [-0.1, -0.05) is 6.92 Å². The molecule has 2 fully saturated rings. The van der Waals surface area contributed by atoms with Gasteiger partial charge in [-0.25, -0.2) is 0 Å². The zero-order valence-electron chi connectivity index (χ0n) is 12.2. The number of likely N-dealkylation sites (tertiary alicyclic amines) is 2. The first-order chi connectivity index (χ1) is 9.79. The van der Waals surface area contributed by atoms with Crippen LogP contribution in [0.15, 0.2) is 18.5 Å². The molecule has 0 aromatic carbocycles. The van der Waals surface area contributed by atoms with E-state index in [4.69, 9.17) is 0 Å². The molecule has 3 rings (SSSR count). The van der Waals surface area contributed by atoms with Gasteiger partial charge in [-0.15, -0.1) is 0 Å². The fraction of sp³-hybridized carbons (Fsp3) is 0.733. The molecule has 5 nitrogen and oxygen atoms in total. The summed E-state index contributed by atoms with van der Waals surface area (Å²) < 4.78 is 1.73. The number of amides is 1. The Morgan fingerprint density at radius 1 is 1.25 bits per heavy atom. The van der Waals surface area contributed by atoms with Crippen molar-refractivity contribution in [3.8, 4) is 0 Å². The van der Waals surface area contributed by atoms with E-state index in [1.54, 1.807) is 10.9 Å². The molecule has 0 radical (unpaired) electrons. The highest BCUT2D eigenvalue weighted by Crippen LogP contribution is 2.29. The van der Waals surface area contributed by atoms with Crippen molar-refractivity contribution in [3.05, 3.63) is 18.5 Å². The number of hydrogen-bond donors (Lipinski definition) is 0. The van der Waals surface area contributed by atoms with Crippen molar-refractivity contribution in [1.82, 2.24) is 19.6 Å². The van der Waals surface area contributed by atoms with E-state index in [-0.39, 0.29) is 5.91 Å². The van der Waals surface area contributed by atoms with E-state index in [0.717, 1.165) is 25.9 Å². The Bertz CT molecular complexity index is 445. The summed E-state index contributed by atoms with van der Waals surface area (Å²) in [5.41, 5.74) is 0. The molecule has 2 saturated heterocycles. The molecule has 5 heteroatoms. The van der Waals surface area contributed by atoms with Crippen LogP contribution in [-0.4, -0.2) is 57.2 Å². The van der Waals surface area contributed by atoms with Crippen LogP contribution in [0.3, 0.4) is 0 Å². The van der Waals surface area contributed by atoms with E-state index < -0.39 is 0 Å². The minimum atomic E-state index is 0.221. The Hall–Kier alpha value is -1.36. The van der Waals surface area contributed by atoms with Crippen LogP contribution >= 0.6 is 0 Å². The zero-order chi connectivity index (χ0) is 13.9. The van der Waals surface area contributed by atoms with Gasteiger partial charge in [-0.3, -0.25) is 14.4 Å². The SMILES string of the molecule is CCN1CCC[C@@H]1[C@@H]1CCCN1C(=O)Cn1cccn1. The molecule has 3 heterocycles. The lowest BCUT2D eigenvalue weighted by molar-refractivity contribution is -0.133. The van der Waals surface area contributed by atoms with Crippen LogP contribution in [0.2, 0.25) is 0 Å². The number of nitrogens with zero attached hydrogens (tertiary/aromatic N) is 4. The Balaban J connectivity index is 1.67. The largest absolute Gasteiger partial charge is 0.337 e. The number of likely N-dealkylation sites (N-methyl/N-ethyl adjacent to an activating group) is 1. The second kappa shape index (κ2) is 5.95. The Kier molecular flexibility index (Phi) is 4.05. The minimum Gasteiger partial charge on any atom is -0.337 e. The average molecular weight is 276 g/mol. The van der Waals surface area contributed by atoms with E-state index in [1.807, 2.05) is 12.3 Å². The molecule has 0 saturated carbocycles. The summed E-state index contributed by atoms with van der Waals surface area (Å²) in [7, 11) is 0. The molecule has 0 bridgehead atoms. The molecule has 0 N–H and O–H groups in total. The van der Waals surface area contributed by atoms with Crippen LogP contribution in [0.4, 0.5) is 0 Å². The number of carbonyl (C=O) groups excluding carboxylic acids is 1. The fourth-order valence-corrected chi connectivity index (χ4v) is 3.81. The van der Waals surface area contributed by atoms with Gasteiger partial charge in [0.1, 0.15) is 6.54 Å². The summed E-state index contributed by atoms with van der Waals surface area (Å²) >= 11 is 0. The molecule has 2 aliphatic rings. The lowest BCUT2D eigenvalue weighted by Crippen LogP contribution is -2.49. The van der Waals surface area contributed by atoms with E-state index in [0.29, 0.717) is 18.6 Å². The molecule has 1 aromatic heterocycles. The van der Waals surface area contributed by atoms with Crippen molar-refractivity contribution < 1.29 is 4.79 Å². The van der Waals surface area contributed by atoms with Gasteiger partial charge in [0.2, 0.25) is 5.91 Å². The van der Waals surface area contributed by atoms with Crippen molar-refractivity contribution in [2.24, 2.45) is 0 Å². The quantitative estimate of drug-likeness (QED) is 0.834. The second-order valence-corrected chi connectivity index (χ2v) is 5.84. The first kappa shape index (κ1) is 13.6. The predicted octanol–water partition coefficient (Wildman–Crippen LogP) is 1.36. The summed E-state index contributed by atoms with van der Waals surface area (Å²) in [6.45, 7) is 5.81. The zero-order valence-corrected chi connectivity index (χ0v) is 12.2.